The number of halogens is 1. The molecule has 0 saturated heterocycles. The van der Waals surface area contributed by atoms with Crippen LogP contribution >= 0.6 is 27.3 Å². The van der Waals surface area contributed by atoms with Crippen LogP contribution in [0.2, 0.25) is 0 Å². The lowest BCUT2D eigenvalue weighted by atomic mass is 10.2. The Balaban J connectivity index is 2.70. The summed E-state index contributed by atoms with van der Waals surface area (Å²) < 4.78 is 29.0. The molecule has 4 nitrogen and oxygen atoms in total. The summed E-state index contributed by atoms with van der Waals surface area (Å²) in [6, 6.07) is 1.80. The predicted molar refractivity (Wildman–Crippen MR) is 70.7 cm³/mol. The van der Waals surface area contributed by atoms with Gasteiger partial charge in [0.2, 0.25) is 0 Å². The Morgan fingerprint density at radius 2 is 2.24 bits per heavy atom. The number of carbonyl (C=O) groups excluding carboxylic acids is 1. The molecule has 1 aromatic rings. The standard InChI is InChI=1S/C10H13BrO4S2/c1-7(10(12)15-2)5-17(13,14)6-9-8(11)3-4-16-9/h3-4,7H,5-6H2,1-2H3. The Morgan fingerprint density at radius 3 is 2.71 bits per heavy atom. The minimum atomic E-state index is -3.30. The molecule has 0 aromatic carbocycles. The van der Waals surface area contributed by atoms with Gasteiger partial charge in [0, 0.05) is 9.35 Å². The van der Waals surface area contributed by atoms with Crippen molar-refractivity contribution in [2.75, 3.05) is 12.9 Å². The molecule has 0 N–H and O–H groups in total. The van der Waals surface area contributed by atoms with Crippen LogP contribution in [-0.2, 0) is 25.1 Å². The van der Waals surface area contributed by atoms with E-state index in [0.717, 1.165) is 9.35 Å². The summed E-state index contributed by atoms with van der Waals surface area (Å²) in [6.45, 7) is 1.55. The summed E-state index contributed by atoms with van der Waals surface area (Å²) in [6.07, 6.45) is 0. The summed E-state index contributed by atoms with van der Waals surface area (Å²) in [5.74, 6) is -1.38. The maximum absolute atomic E-state index is 11.9. The highest BCUT2D eigenvalue weighted by Crippen LogP contribution is 2.25. The number of carbonyl (C=O) groups is 1. The van der Waals surface area contributed by atoms with Crippen molar-refractivity contribution in [3.63, 3.8) is 0 Å². The molecule has 0 radical (unpaired) electrons. The van der Waals surface area contributed by atoms with Gasteiger partial charge >= 0.3 is 5.97 Å². The molecule has 0 bridgehead atoms. The number of ether oxygens (including phenoxy) is 1. The van der Waals surface area contributed by atoms with Gasteiger partial charge in [-0.3, -0.25) is 4.79 Å². The summed E-state index contributed by atoms with van der Waals surface area (Å²) in [5.41, 5.74) is 0. The Labute approximate surface area is 113 Å². The summed E-state index contributed by atoms with van der Waals surface area (Å²) in [4.78, 5) is 11.9. The zero-order valence-corrected chi connectivity index (χ0v) is 12.7. The zero-order valence-electron chi connectivity index (χ0n) is 9.47. The largest absolute Gasteiger partial charge is 0.469 e. The molecule has 96 valence electrons. The first-order valence-corrected chi connectivity index (χ1v) is 8.35. The van der Waals surface area contributed by atoms with Gasteiger partial charge in [0.25, 0.3) is 0 Å². The van der Waals surface area contributed by atoms with Crippen LogP contribution in [0.25, 0.3) is 0 Å². The molecule has 1 aromatic heterocycles. The van der Waals surface area contributed by atoms with E-state index in [2.05, 4.69) is 20.7 Å². The van der Waals surface area contributed by atoms with E-state index in [0.29, 0.717) is 0 Å². The molecule has 1 rings (SSSR count). The molecule has 1 heterocycles. The molecule has 17 heavy (non-hydrogen) atoms. The van der Waals surface area contributed by atoms with Crippen LogP contribution < -0.4 is 0 Å². The average Bonchev–Trinajstić information content (AvgIpc) is 2.61. The van der Waals surface area contributed by atoms with Gasteiger partial charge < -0.3 is 4.74 Å². The fourth-order valence-corrected chi connectivity index (χ4v) is 5.18. The molecule has 1 atom stereocenters. The Kier molecular flexibility index (Phi) is 5.15. The Hall–Kier alpha value is -0.400. The Bertz CT molecular complexity index is 492. The van der Waals surface area contributed by atoms with E-state index in [9.17, 15) is 13.2 Å². The first-order chi connectivity index (χ1) is 7.85. The number of hydrogen-bond acceptors (Lipinski definition) is 5. The minimum absolute atomic E-state index is 0.0490. The summed E-state index contributed by atoms with van der Waals surface area (Å²) >= 11 is 4.66. The molecule has 0 spiro atoms. The highest BCUT2D eigenvalue weighted by Gasteiger charge is 2.23. The van der Waals surface area contributed by atoms with Gasteiger partial charge in [-0.2, -0.15) is 0 Å². The number of methoxy groups -OCH3 is 1. The van der Waals surface area contributed by atoms with Crippen molar-refractivity contribution >= 4 is 43.1 Å². The fourth-order valence-electron chi connectivity index (χ4n) is 1.34. The van der Waals surface area contributed by atoms with Crippen LogP contribution in [0.4, 0.5) is 0 Å². The highest BCUT2D eigenvalue weighted by molar-refractivity contribution is 9.10. The van der Waals surface area contributed by atoms with Crippen LogP contribution in [0.15, 0.2) is 15.9 Å². The zero-order chi connectivity index (χ0) is 13.1. The lowest BCUT2D eigenvalue weighted by Crippen LogP contribution is -2.23. The summed E-state index contributed by atoms with van der Waals surface area (Å²) in [7, 11) is -2.05. The first-order valence-electron chi connectivity index (χ1n) is 4.86. The van der Waals surface area contributed by atoms with Crippen LogP contribution in [-0.4, -0.2) is 27.2 Å². The van der Waals surface area contributed by atoms with Gasteiger partial charge in [-0.25, -0.2) is 8.42 Å². The quantitative estimate of drug-likeness (QED) is 0.771. The Morgan fingerprint density at radius 1 is 1.59 bits per heavy atom. The molecular formula is C10H13BrO4S2. The monoisotopic (exact) mass is 340 g/mol. The number of sulfone groups is 1. The van der Waals surface area contributed by atoms with Gasteiger partial charge in [0.1, 0.15) is 0 Å². The smallest absolute Gasteiger partial charge is 0.309 e. The van der Waals surface area contributed by atoms with Crippen molar-refractivity contribution in [3.05, 3.63) is 20.8 Å². The molecule has 0 fully saturated rings. The second kappa shape index (κ2) is 5.97. The van der Waals surface area contributed by atoms with Crippen LogP contribution in [0.3, 0.4) is 0 Å². The number of hydrogen-bond donors (Lipinski definition) is 0. The van der Waals surface area contributed by atoms with Crippen LogP contribution in [0, 0.1) is 5.92 Å². The van der Waals surface area contributed by atoms with Gasteiger partial charge in [-0.1, -0.05) is 6.92 Å². The topological polar surface area (TPSA) is 60.4 Å². The van der Waals surface area contributed by atoms with E-state index in [1.807, 2.05) is 5.38 Å². The third-order valence-electron chi connectivity index (χ3n) is 2.15. The van der Waals surface area contributed by atoms with Crippen LogP contribution in [0.1, 0.15) is 11.8 Å². The summed E-state index contributed by atoms with van der Waals surface area (Å²) in [5, 5.41) is 1.82. The van der Waals surface area contributed by atoms with Crippen LogP contribution in [0.5, 0.6) is 0 Å². The maximum atomic E-state index is 11.9. The van der Waals surface area contributed by atoms with E-state index >= 15 is 0 Å². The molecule has 0 aliphatic carbocycles. The second-order valence-electron chi connectivity index (χ2n) is 3.67. The predicted octanol–water partition coefficient (Wildman–Crippen LogP) is 2.23. The average molecular weight is 341 g/mol. The minimum Gasteiger partial charge on any atom is -0.469 e. The van der Waals surface area contributed by atoms with E-state index in [1.165, 1.54) is 18.4 Å². The first kappa shape index (κ1) is 14.7. The van der Waals surface area contributed by atoms with Crippen molar-refractivity contribution in [1.29, 1.82) is 0 Å². The van der Waals surface area contributed by atoms with Crippen molar-refractivity contribution in [2.24, 2.45) is 5.92 Å². The second-order valence-corrected chi connectivity index (χ2v) is 7.63. The van der Waals surface area contributed by atoms with Crippen molar-refractivity contribution in [1.82, 2.24) is 0 Å². The molecule has 0 saturated carbocycles. The van der Waals surface area contributed by atoms with E-state index in [1.54, 1.807) is 13.0 Å². The van der Waals surface area contributed by atoms with Gasteiger partial charge in [0.15, 0.2) is 9.84 Å². The highest BCUT2D eigenvalue weighted by atomic mass is 79.9. The molecule has 0 aliphatic heterocycles. The lowest BCUT2D eigenvalue weighted by molar-refractivity contribution is -0.144. The van der Waals surface area contributed by atoms with E-state index < -0.39 is 21.7 Å². The van der Waals surface area contributed by atoms with Crippen molar-refractivity contribution in [2.45, 2.75) is 12.7 Å². The number of thiophene rings is 1. The van der Waals surface area contributed by atoms with Gasteiger partial charge in [-0.15, -0.1) is 11.3 Å². The van der Waals surface area contributed by atoms with Crippen molar-refractivity contribution in [3.8, 4) is 0 Å². The molecule has 0 amide bonds. The van der Waals surface area contributed by atoms with E-state index in [4.69, 9.17) is 0 Å². The molecule has 7 heteroatoms. The lowest BCUT2D eigenvalue weighted by Gasteiger charge is -2.09. The van der Waals surface area contributed by atoms with Gasteiger partial charge in [0.05, 0.1) is 24.5 Å². The molecule has 1 unspecified atom stereocenters. The normalized spacial score (nSPS) is 13.4. The van der Waals surface area contributed by atoms with Crippen molar-refractivity contribution < 1.29 is 17.9 Å². The molecule has 0 aliphatic rings. The third kappa shape index (κ3) is 4.40. The van der Waals surface area contributed by atoms with E-state index in [-0.39, 0.29) is 11.5 Å². The maximum Gasteiger partial charge on any atom is 0.309 e. The number of rotatable bonds is 5. The molecular weight excluding hydrogens is 328 g/mol. The third-order valence-corrected chi connectivity index (χ3v) is 5.99. The number of esters is 1. The van der Waals surface area contributed by atoms with Gasteiger partial charge in [-0.05, 0) is 27.4 Å². The fraction of sp³-hybridized carbons (Fsp3) is 0.500. The SMILES string of the molecule is COC(=O)C(C)CS(=O)(=O)Cc1sccc1Br.